The molecule has 0 aliphatic rings. The van der Waals surface area contributed by atoms with Gasteiger partial charge in [-0.3, -0.25) is 0 Å². The van der Waals surface area contributed by atoms with Gasteiger partial charge in [0.25, 0.3) is 5.82 Å². The topological polar surface area (TPSA) is 8.81 Å². The second kappa shape index (κ2) is 2.45. The minimum absolute atomic E-state index is 0.602. The highest BCUT2D eigenvalue weighted by atomic mass is 15.1. The van der Waals surface area contributed by atoms with Crippen LogP contribution in [0, 0.1) is 0 Å². The van der Waals surface area contributed by atoms with Gasteiger partial charge in [0.05, 0.1) is 20.0 Å². The van der Waals surface area contributed by atoms with Gasteiger partial charge < -0.3 is 0 Å². The van der Waals surface area contributed by atoms with Gasteiger partial charge in [-0.1, -0.05) is 13.8 Å². The quantitative estimate of drug-likeness (QED) is 0.513. The minimum Gasteiger partial charge on any atom is -0.237 e. The van der Waals surface area contributed by atoms with Gasteiger partial charge in [0.2, 0.25) is 0 Å². The lowest BCUT2D eigenvalue weighted by Crippen LogP contribution is -2.32. The molecule has 0 radical (unpaired) electrons. The molecule has 0 bridgehead atoms. The van der Waals surface area contributed by atoms with Crippen LogP contribution >= 0.6 is 0 Å². The maximum atomic E-state index is 2.20. The van der Waals surface area contributed by atoms with Crippen LogP contribution in [0.5, 0.6) is 0 Å². The van der Waals surface area contributed by atoms with Crippen molar-refractivity contribution in [1.82, 2.24) is 4.57 Å². The van der Waals surface area contributed by atoms with Gasteiger partial charge in [0.15, 0.2) is 0 Å². The summed E-state index contributed by atoms with van der Waals surface area (Å²) in [6.45, 7) is 4.41. The van der Waals surface area contributed by atoms with Crippen molar-refractivity contribution in [3.8, 4) is 0 Å². The van der Waals surface area contributed by atoms with E-state index in [4.69, 9.17) is 0 Å². The molecule has 0 spiro atoms. The van der Waals surface area contributed by atoms with Gasteiger partial charge in [0, 0.05) is 0 Å². The Hall–Kier alpha value is -0.790. The first-order valence-corrected chi connectivity index (χ1v) is 3.63. The highest BCUT2D eigenvalue weighted by Crippen LogP contribution is 2.07. The molecule has 10 heavy (non-hydrogen) atoms. The standard InChI is InChI=1S/C8H15N2/c1-7(2)8-9(3)5-6-10(8)4/h5-7H,1-4H3/q+1. The summed E-state index contributed by atoms with van der Waals surface area (Å²) < 4.78 is 4.31. The second-order valence-electron chi connectivity index (χ2n) is 3.03. The Labute approximate surface area is 62.1 Å². The van der Waals surface area contributed by atoms with Crippen LogP contribution in [0.1, 0.15) is 25.6 Å². The summed E-state index contributed by atoms with van der Waals surface area (Å²) in [5, 5.41) is 0. The Bertz CT molecular complexity index is 204. The van der Waals surface area contributed by atoms with E-state index < -0.39 is 0 Å². The van der Waals surface area contributed by atoms with Crippen molar-refractivity contribution >= 4 is 0 Å². The van der Waals surface area contributed by atoms with Gasteiger partial charge in [-0.05, 0) is 0 Å². The summed E-state index contributed by atoms with van der Waals surface area (Å²) in [6.07, 6.45) is 4.16. The lowest BCUT2D eigenvalue weighted by atomic mass is 10.2. The van der Waals surface area contributed by atoms with Crippen molar-refractivity contribution in [3.05, 3.63) is 18.2 Å². The average molecular weight is 139 g/mol. The Kier molecular flexibility index (Phi) is 1.79. The molecule has 56 valence electrons. The average Bonchev–Trinajstić information content (AvgIpc) is 2.11. The molecule has 1 heterocycles. The summed E-state index contributed by atoms with van der Waals surface area (Å²) >= 11 is 0. The number of imidazole rings is 1. The molecular formula is C8H15N2+. The molecule has 1 rings (SSSR count). The van der Waals surface area contributed by atoms with Gasteiger partial charge in [-0.25, -0.2) is 9.13 Å². The molecule has 2 nitrogen and oxygen atoms in total. The Balaban J connectivity index is 3.10. The molecule has 1 aromatic rings. The van der Waals surface area contributed by atoms with Crippen molar-refractivity contribution in [2.45, 2.75) is 19.8 Å². The molecule has 0 aliphatic carbocycles. The van der Waals surface area contributed by atoms with E-state index in [0.717, 1.165) is 0 Å². The first-order chi connectivity index (χ1) is 4.63. The summed E-state index contributed by atoms with van der Waals surface area (Å²) in [5.74, 6) is 1.96. The zero-order valence-electron chi connectivity index (χ0n) is 7.13. The fourth-order valence-corrected chi connectivity index (χ4v) is 1.42. The SMILES string of the molecule is CC(C)c1n(C)cc[n+]1C. The summed E-state index contributed by atoms with van der Waals surface area (Å²) in [7, 11) is 4.16. The molecule has 0 unspecified atom stereocenters. The van der Waals surface area contributed by atoms with Gasteiger partial charge >= 0.3 is 0 Å². The van der Waals surface area contributed by atoms with Crippen molar-refractivity contribution in [1.29, 1.82) is 0 Å². The van der Waals surface area contributed by atoms with Crippen LogP contribution < -0.4 is 4.57 Å². The molecule has 0 aromatic carbocycles. The van der Waals surface area contributed by atoms with Crippen molar-refractivity contribution in [2.24, 2.45) is 14.1 Å². The number of aromatic nitrogens is 2. The first-order valence-electron chi connectivity index (χ1n) is 3.63. The van der Waals surface area contributed by atoms with E-state index in [-0.39, 0.29) is 0 Å². The predicted octanol–water partition coefficient (Wildman–Crippen LogP) is 0.973. The van der Waals surface area contributed by atoms with Crippen LogP contribution in [0.25, 0.3) is 0 Å². The molecule has 0 saturated heterocycles. The lowest BCUT2D eigenvalue weighted by molar-refractivity contribution is -0.679. The Morgan fingerprint density at radius 2 is 2.10 bits per heavy atom. The van der Waals surface area contributed by atoms with E-state index in [1.807, 2.05) is 0 Å². The monoisotopic (exact) mass is 139 g/mol. The van der Waals surface area contributed by atoms with E-state index >= 15 is 0 Å². The van der Waals surface area contributed by atoms with E-state index in [2.05, 4.69) is 49.5 Å². The van der Waals surface area contributed by atoms with Crippen LogP contribution in [-0.2, 0) is 14.1 Å². The molecule has 0 atom stereocenters. The molecule has 1 aromatic heterocycles. The van der Waals surface area contributed by atoms with E-state index in [0.29, 0.717) is 5.92 Å². The largest absolute Gasteiger partial charge is 0.258 e. The summed E-state index contributed by atoms with van der Waals surface area (Å²) in [4.78, 5) is 0. The third-order valence-corrected chi connectivity index (χ3v) is 1.75. The number of hydrogen-bond acceptors (Lipinski definition) is 0. The zero-order valence-corrected chi connectivity index (χ0v) is 7.13. The third-order valence-electron chi connectivity index (χ3n) is 1.75. The number of nitrogens with zero attached hydrogens (tertiary/aromatic N) is 2. The van der Waals surface area contributed by atoms with Crippen molar-refractivity contribution in [2.75, 3.05) is 0 Å². The van der Waals surface area contributed by atoms with Gasteiger partial charge in [-0.15, -0.1) is 0 Å². The number of hydrogen-bond donors (Lipinski definition) is 0. The highest BCUT2D eigenvalue weighted by Gasteiger charge is 2.14. The van der Waals surface area contributed by atoms with E-state index in [9.17, 15) is 0 Å². The first kappa shape index (κ1) is 7.32. The van der Waals surface area contributed by atoms with E-state index in [1.165, 1.54) is 5.82 Å². The van der Waals surface area contributed by atoms with Crippen LogP contribution in [0.15, 0.2) is 12.4 Å². The summed E-state index contributed by atoms with van der Waals surface area (Å²) in [5.41, 5.74) is 0. The summed E-state index contributed by atoms with van der Waals surface area (Å²) in [6, 6.07) is 0. The lowest BCUT2D eigenvalue weighted by Gasteiger charge is -1.99. The molecule has 0 amide bonds. The minimum atomic E-state index is 0.602. The van der Waals surface area contributed by atoms with Crippen LogP contribution in [0.2, 0.25) is 0 Å². The van der Waals surface area contributed by atoms with E-state index in [1.54, 1.807) is 0 Å². The van der Waals surface area contributed by atoms with Crippen LogP contribution in [0.4, 0.5) is 0 Å². The molecule has 0 fully saturated rings. The van der Waals surface area contributed by atoms with Crippen molar-refractivity contribution in [3.63, 3.8) is 0 Å². The fourth-order valence-electron chi connectivity index (χ4n) is 1.42. The molecule has 0 aliphatic heterocycles. The maximum absolute atomic E-state index is 2.20. The number of rotatable bonds is 1. The molecule has 2 heteroatoms. The molecule has 0 saturated carbocycles. The normalized spacial score (nSPS) is 10.9. The smallest absolute Gasteiger partial charge is 0.237 e. The Morgan fingerprint density at radius 3 is 2.30 bits per heavy atom. The number of aryl methyl sites for hydroxylation is 2. The van der Waals surface area contributed by atoms with Gasteiger partial charge in [-0.2, -0.15) is 0 Å². The highest BCUT2D eigenvalue weighted by molar-refractivity contribution is 4.87. The maximum Gasteiger partial charge on any atom is 0.258 e. The predicted molar refractivity (Wildman–Crippen MR) is 40.7 cm³/mol. The fraction of sp³-hybridized carbons (Fsp3) is 0.625. The third kappa shape index (κ3) is 1.06. The van der Waals surface area contributed by atoms with Gasteiger partial charge in [0.1, 0.15) is 12.4 Å². The Morgan fingerprint density at radius 1 is 1.50 bits per heavy atom. The van der Waals surface area contributed by atoms with Crippen molar-refractivity contribution < 1.29 is 4.57 Å². The second-order valence-corrected chi connectivity index (χ2v) is 3.03. The van der Waals surface area contributed by atoms with Crippen LogP contribution in [-0.4, -0.2) is 4.57 Å². The van der Waals surface area contributed by atoms with Crippen LogP contribution in [0.3, 0.4) is 0 Å². The zero-order chi connectivity index (χ0) is 7.72. The molecule has 0 N–H and O–H groups in total. The molecular weight excluding hydrogens is 124 g/mol.